The van der Waals surface area contributed by atoms with E-state index < -0.39 is 0 Å². The van der Waals surface area contributed by atoms with Gasteiger partial charge in [-0.25, -0.2) is 0 Å². The quantitative estimate of drug-likeness (QED) is 0.888. The Labute approximate surface area is 132 Å². The lowest BCUT2D eigenvalue weighted by Gasteiger charge is -2.11. The number of benzene rings is 1. The van der Waals surface area contributed by atoms with Crippen molar-refractivity contribution in [2.24, 2.45) is 0 Å². The van der Waals surface area contributed by atoms with E-state index in [0.717, 1.165) is 5.56 Å². The van der Waals surface area contributed by atoms with Crippen LogP contribution >= 0.6 is 22.9 Å². The molecule has 0 saturated heterocycles. The minimum absolute atomic E-state index is 0.122. The second kappa shape index (κ2) is 7.23. The molecular formula is C15H15ClN3OS+. The van der Waals surface area contributed by atoms with Gasteiger partial charge < -0.3 is 10.6 Å². The molecule has 6 heteroatoms. The number of hydrogen-bond acceptors (Lipinski definition) is 3. The van der Waals surface area contributed by atoms with Gasteiger partial charge in [0.15, 0.2) is 6.54 Å². The molecule has 2 aromatic rings. The van der Waals surface area contributed by atoms with Crippen LogP contribution in [0, 0.1) is 11.3 Å². The van der Waals surface area contributed by atoms with E-state index in [0.29, 0.717) is 15.6 Å². The first-order valence-corrected chi connectivity index (χ1v) is 7.72. The summed E-state index contributed by atoms with van der Waals surface area (Å²) in [7, 11) is 0. The predicted octanol–water partition coefficient (Wildman–Crippen LogP) is 2.54. The van der Waals surface area contributed by atoms with Gasteiger partial charge in [0.25, 0.3) is 5.91 Å². The normalized spacial score (nSPS) is 11.7. The van der Waals surface area contributed by atoms with E-state index in [-0.39, 0.29) is 18.5 Å². The smallest absolute Gasteiger partial charge is 0.280 e. The fourth-order valence-electron chi connectivity index (χ4n) is 1.88. The summed E-state index contributed by atoms with van der Waals surface area (Å²) in [6.45, 7) is 2.31. The zero-order valence-corrected chi connectivity index (χ0v) is 13.0. The summed E-state index contributed by atoms with van der Waals surface area (Å²) in [6, 6.07) is 11.5. The van der Waals surface area contributed by atoms with Crippen molar-refractivity contribution in [3.63, 3.8) is 0 Å². The molecule has 108 valence electrons. The average molecular weight is 321 g/mol. The van der Waals surface area contributed by atoms with Crippen LogP contribution < -0.4 is 10.6 Å². The number of nitrogens with zero attached hydrogens (tertiary/aromatic N) is 1. The highest BCUT2D eigenvalue weighted by Crippen LogP contribution is 2.21. The number of nitrogens with two attached hydrogens (primary N) is 1. The highest BCUT2D eigenvalue weighted by molar-refractivity contribution is 7.14. The Morgan fingerprint density at radius 3 is 3.05 bits per heavy atom. The van der Waals surface area contributed by atoms with Crippen molar-refractivity contribution < 1.29 is 10.1 Å². The number of amides is 1. The molecule has 0 saturated carbocycles. The third-order valence-corrected chi connectivity index (χ3v) is 4.13. The molecule has 4 nitrogen and oxygen atoms in total. The molecule has 0 unspecified atom stereocenters. The van der Waals surface area contributed by atoms with E-state index in [1.807, 2.05) is 42.6 Å². The monoisotopic (exact) mass is 320 g/mol. The first-order valence-electron chi connectivity index (χ1n) is 6.46. The van der Waals surface area contributed by atoms with Crippen LogP contribution in [0.2, 0.25) is 5.02 Å². The van der Waals surface area contributed by atoms with Gasteiger partial charge in [0.05, 0.1) is 5.56 Å². The summed E-state index contributed by atoms with van der Waals surface area (Å²) in [6.07, 6.45) is 0. The fourth-order valence-corrected chi connectivity index (χ4v) is 2.83. The van der Waals surface area contributed by atoms with E-state index in [1.54, 1.807) is 11.4 Å². The van der Waals surface area contributed by atoms with Crippen molar-refractivity contribution in [2.75, 3.05) is 11.9 Å². The van der Waals surface area contributed by atoms with Gasteiger partial charge in [0.1, 0.15) is 17.1 Å². The lowest BCUT2D eigenvalue weighted by molar-refractivity contribution is -0.682. The second-order valence-electron chi connectivity index (χ2n) is 4.61. The molecule has 0 aliphatic carbocycles. The maximum Gasteiger partial charge on any atom is 0.280 e. The highest BCUT2D eigenvalue weighted by atomic mass is 35.5. The standard InChI is InChI=1S/C15H14ClN3OS/c1-10(11-3-2-4-13(16)7-11)18-9-14(20)19-15-12(8-17)5-6-21-15/h2-7,10,18H,9H2,1H3,(H,19,20)/p+1/t10-/m0/s1. The molecule has 21 heavy (non-hydrogen) atoms. The van der Waals surface area contributed by atoms with Gasteiger partial charge in [0.2, 0.25) is 0 Å². The van der Waals surface area contributed by atoms with Crippen LogP contribution in [-0.2, 0) is 4.79 Å². The number of carbonyl (C=O) groups excluding carboxylic acids is 1. The van der Waals surface area contributed by atoms with E-state index in [2.05, 4.69) is 5.32 Å². The van der Waals surface area contributed by atoms with Crippen molar-refractivity contribution >= 4 is 33.8 Å². The van der Waals surface area contributed by atoms with Crippen molar-refractivity contribution in [1.82, 2.24) is 0 Å². The number of carbonyl (C=O) groups is 1. The minimum atomic E-state index is -0.122. The first kappa shape index (κ1) is 15.5. The van der Waals surface area contributed by atoms with Gasteiger partial charge in [-0.3, -0.25) is 4.79 Å². The zero-order chi connectivity index (χ0) is 15.2. The number of nitrogens with one attached hydrogen (secondary N) is 1. The van der Waals surface area contributed by atoms with Gasteiger partial charge in [-0.1, -0.05) is 23.7 Å². The van der Waals surface area contributed by atoms with Crippen molar-refractivity contribution in [3.8, 4) is 6.07 Å². The van der Waals surface area contributed by atoms with Crippen LogP contribution in [0.1, 0.15) is 24.1 Å². The van der Waals surface area contributed by atoms with Gasteiger partial charge in [-0.15, -0.1) is 11.3 Å². The highest BCUT2D eigenvalue weighted by Gasteiger charge is 2.13. The maximum absolute atomic E-state index is 11.9. The Bertz CT molecular complexity index is 678. The largest absolute Gasteiger partial charge is 0.333 e. The van der Waals surface area contributed by atoms with Crippen LogP contribution in [0.3, 0.4) is 0 Å². The van der Waals surface area contributed by atoms with Crippen molar-refractivity contribution in [2.45, 2.75) is 13.0 Å². The molecule has 1 atom stereocenters. The molecule has 0 aliphatic rings. The summed E-state index contributed by atoms with van der Waals surface area (Å²) in [5.74, 6) is -0.122. The van der Waals surface area contributed by atoms with E-state index >= 15 is 0 Å². The van der Waals surface area contributed by atoms with Crippen molar-refractivity contribution in [1.29, 1.82) is 5.26 Å². The predicted molar refractivity (Wildman–Crippen MR) is 84.3 cm³/mol. The van der Waals surface area contributed by atoms with Crippen LogP contribution in [0.4, 0.5) is 5.00 Å². The van der Waals surface area contributed by atoms with Crippen molar-refractivity contribution in [3.05, 3.63) is 51.9 Å². The summed E-state index contributed by atoms with van der Waals surface area (Å²) in [5, 5.41) is 16.7. The fraction of sp³-hybridized carbons (Fsp3) is 0.200. The minimum Gasteiger partial charge on any atom is -0.333 e. The van der Waals surface area contributed by atoms with E-state index in [9.17, 15) is 4.79 Å². The summed E-state index contributed by atoms with van der Waals surface area (Å²) in [4.78, 5) is 11.9. The molecule has 0 fully saturated rings. The Kier molecular flexibility index (Phi) is 5.34. The van der Waals surface area contributed by atoms with Gasteiger partial charge in [-0.2, -0.15) is 5.26 Å². The van der Waals surface area contributed by atoms with Gasteiger partial charge >= 0.3 is 0 Å². The first-order chi connectivity index (χ1) is 10.1. The summed E-state index contributed by atoms with van der Waals surface area (Å²) in [5.41, 5.74) is 1.57. The topological polar surface area (TPSA) is 69.5 Å². The van der Waals surface area contributed by atoms with E-state index in [4.69, 9.17) is 16.9 Å². The molecule has 2 rings (SSSR count). The molecule has 3 N–H and O–H groups in total. The molecule has 0 spiro atoms. The molecule has 1 aromatic heterocycles. The van der Waals surface area contributed by atoms with Crippen LogP contribution in [0.5, 0.6) is 0 Å². The average Bonchev–Trinajstić information content (AvgIpc) is 2.92. The lowest BCUT2D eigenvalue weighted by atomic mass is 10.1. The number of rotatable bonds is 5. The Morgan fingerprint density at radius 1 is 1.52 bits per heavy atom. The maximum atomic E-state index is 11.9. The summed E-state index contributed by atoms with van der Waals surface area (Å²) < 4.78 is 0. The Balaban J connectivity index is 1.88. The van der Waals surface area contributed by atoms with E-state index in [1.165, 1.54) is 11.3 Å². The Morgan fingerprint density at radius 2 is 2.33 bits per heavy atom. The number of quaternary nitrogens is 1. The Hall–Kier alpha value is -1.87. The number of thiophene rings is 1. The zero-order valence-electron chi connectivity index (χ0n) is 11.5. The molecule has 1 aromatic carbocycles. The number of anilines is 1. The second-order valence-corrected chi connectivity index (χ2v) is 5.96. The molecular weight excluding hydrogens is 306 g/mol. The molecule has 1 heterocycles. The molecule has 0 bridgehead atoms. The summed E-state index contributed by atoms with van der Waals surface area (Å²) >= 11 is 7.31. The van der Waals surface area contributed by atoms with Crippen LogP contribution in [0.15, 0.2) is 35.7 Å². The number of hydrogen-bond donors (Lipinski definition) is 2. The van der Waals surface area contributed by atoms with Crippen LogP contribution in [0.25, 0.3) is 0 Å². The molecule has 0 radical (unpaired) electrons. The lowest BCUT2D eigenvalue weighted by Crippen LogP contribution is -2.86. The van der Waals surface area contributed by atoms with Gasteiger partial charge in [-0.05, 0) is 30.5 Å². The van der Waals surface area contributed by atoms with Gasteiger partial charge in [0, 0.05) is 10.6 Å². The third kappa shape index (κ3) is 4.30. The SMILES string of the molecule is C[C@H]([NH2+]CC(=O)Nc1sccc1C#N)c1cccc(Cl)c1. The molecule has 1 amide bonds. The molecule has 0 aliphatic heterocycles. The third-order valence-electron chi connectivity index (χ3n) is 3.07. The van der Waals surface area contributed by atoms with Crippen LogP contribution in [-0.4, -0.2) is 12.5 Å². The number of nitriles is 1. The number of halogens is 1.